The summed E-state index contributed by atoms with van der Waals surface area (Å²) < 4.78 is 1.89. The number of aromatic nitrogens is 2. The van der Waals surface area contributed by atoms with Gasteiger partial charge in [-0.25, -0.2) is 0 Å². The molecular formula is C11H18Cl2N2. The summed E-state index contributed by atoms with van der Waals surface area (Å²) in [6.45, 7) is 4.09. The van der Waals surface area contributed by atoms with Crippen LogP contribution in [-0.2, 0) is 19.9 Å². The molecule has 0 aliphatic heterocycles. The Kier molecular flexibility index (Phi) is 4.94. The fraction of sp³-hybridized carbons (Fsp3) is 0.727. The molecule has 1 aromatic rings. The van der Waals surface area contributed by atoms with Crippen LogP contribution >= 0.6 is 23.2 Å². The van der Waals surface area contributed by atoms with Crippen LogP contribution in [-0.4, -0.2) is 15.2 Å². The van der Waals surface area contributed by atoms with Gasteiger partial charge in [0.25, 0.3) is 0 Å². The van der Waals surface area contributed by atoms with Gasteiger partial charge in [0, 0.05) is 12.4 Å². The van der Waals surface area contributed by atoms with Crippen LogP contribution in [0.3, 0.4) is 0 Å². The number of hydrogen-bond donors (Lipinski definition) is 0. The molecule has 1 heterocycles. The third-order valence-electron chi connectivity index (χ3n) is 2.52. The Hall–Kier alpha value is -0.210. The zero-order valence-electron chi connectivity index (χ0n) is 9.56. The predicted molar refractivity (Wildman–Crippen MR) is 65.8 cm³/mol. The molecule has 4 heteroatoms. The van der Waals surface area contributed by atoms with E-state index in [-0.39, 0.29) is 5.38 Å². The van der Waals surface area contributed by atoms with Gasteiger partial charge in [-0.1, -0.05) is 18.5 Å². The Labute approximate surface area is 102 Å². The Bertz CT molecular complexity index is 319. The largest absolute Gasteiger partial charge is 0.271 e. The fourth-order valence-corrected chi connectivity index (χ4v) is 2.18. The van der Waals surface area contributed by atoms with Gasteiger partial charge in [-0.2, -0.15) is 5.10 Å². The van der Waals surface area contributed by atoms with Gasteiger partial charge in [0.2, 0.25) is 0 Å². The standard InChI is InChI=1S/C11H18Cl2N2/c1-4-9-11(13)10(15(3)14-9)7-5-6-8(2)12/h8H,4-7H2,1-3H3. The molecule has 1 rings (SSSR count). The number of rotatable bonds is 5. The van der Waals surface area contributed by atoms with Gasteiger partial charge in [-0.05, 0) is 32.6 Å². The second-order valence-electron chi connectivity index (χ2n) is 3.86. The Morgan fingerprint density at radius 2 is 2.13 bits per heavy atom. The van der Waals surface area contributed by atoms with E-state index in [0.29, 0.717) is 0 Å². The molecule has 0 saturated heterocycles. The van der Waals surface area contributed by atoms with Gasteiger partial charge < -0.3 is 0 Å². The van der Waals surface area contributed by atoms with Gasteiger partial charge in [-0.3, -0.25) is 4.68 Å². The van der Waals surface area contributed by atoms with E-state index in [9.17, 15) is 0 Å². The summed E-state index contributed by atoms with van der Waals surface area (Å²) in [5, 5.41) is 5.45. The molecule has 0 aromatic carbocycles. The Morgan fingerprint density at radius 1 is 1.47 bits per heavy atom. The molecule has 1 atom stereocenters. The van der Waals surface area contributed by atoms with E-state index in [0.717, 1.165) is 42.1 Å². The predicted octanol–water partition coefficient (Wildman–Crippen LogP) is 3.59. The van der Waals surface area contributed by atoms with Crippen molar-refractivity contribution in [2.45, 2.75) is 44.9 Å². The third-order valence-corrected chi connectivity index (χ3v) is 3.17. The average Bonchev–Trinajstić information content (AvgIpc) is 2.44. The van der Waals surface area contributed by atoms with Gasteiger partial charge in [0.05, 0.1) is 16.4 Å². The first-order valence-electron chi connectivity index (χ1n) is 5.40. The van der Waals surface area contributed by atoms with Crippen LogP contribution in [0.25, 0.3) is 0 Å². The Morgan fingerprint density at radius 3 is 2.60 bits per heavy atom. The van der Waals surface area contributed by atoms with Gasteiger partial charge in [0.1, 0.15) is 0 Å². The molecule has 0 bridgehead atoms. The summed E-state index contributed by atoms with van der Waals surface area (Å²) in [6, 6.07) is 0. The lowest BCUT2D eigenvalue weighted by atomic mass is 10.1. The normalized spacial score (nSPS) is 13.1. The van der Waals surface area contributed by atoms with E-state index in [1.165, 1.54) is 0 Å². The van der Waals surface area contributed by atoms with Crippen LogP contribution in [0, 0.1) is 0 Å². The van der Waals surface area contributed by atoms with Crippen LogP contribution in [0.5, 0.6) is 0 Å². The molecular weight excluding hydrogens is 231 g/mol. The smallest absolute Gasteiger partial charge is 0.0849 e. The molecule has 0 N–H and O–H groups in total. The summed E-state index contributed by atoms with van der Waals surface area (Å²) in [7, 11) is 1.95. The monoisotopic (exact) mass is 248 g/mol. The van der Waals surface area contributed by atoms with Crippen molar-refractivity contribution in [3.05, 3.63) is 16.4 Å². The van der Waals surface area contributed by atoms with Crippen molar-refractivity contribution in [1.29, 1.82) is 0 Å². The molecule has 0 radical (unpaired) electrons. The second-order valence-corrected chi connectivity index (χ2v) is 4.98. The number of halogens is 2. The summed E-state index contributed by atoms with van der Waals surface area (Å²) in [6.07, 6.45) is 3.93. The molecule has 0 amide bonds. The fourth-order valence-electron chi connectivity index (χ4n) is 1.64. The first-order chi connectivity index (χ1) is 7.06. The lowest BCUT2D eigenvalue weighted by molar-refractivity contribution is 0.652. The number of hydrogen-bond acceptors (Lipinski definition) is 1. The van der Waals surface area contributed by atoms with Gasteiger partial charge in [0.15, 0.2) is 0 Å². The highest BCUT2D eigenvalue weighted by atomic mass is 35.5. The van der Waals surface area contributed by atoms with Crippen LogP contribution in [0.2, 0.25) is 5.02 Å². The molecule has 1 unspecified atom stereocenters. The zero-order chi connectivity index (χ0) is 11.4. The topological polar surface area (TPSA) is 17.8 Å². The van der Waals surface area contributed by atoms with Crippen molar-refractivity contribution >= 4 is 23.2 Å². The third kappa shape index (κ3) is 3.39. The summed E-state index contributed by atoms with van der Waals surface area (Å²) in [5.74, 6) is 0. The molecule has 15 heavy (non-hydrogen) atoms. The molecule has 0 spiro atoms. The van der Waals surface area contributed by atoms with E-state index in [4.69, 9.17) is 23.2 Å². The first-order valence-corrected chi connectivity index (χ1v) is 6.22. The lowest BCUT2D eigenvalue weighted by Gasteiger charge is -2.04. The molecule has 1 aromatic heterocycles. The van der Waals surface area contributed by atoms with E-state index >= 15 is 0 Å². The maximum absolute atomic E-state index is 6.23. The van der Waals surface area contributed by atoms with Gasteiger partial charge >= 0.3 is 0 Å². The summed E-state index contributed by atoms with van der Waals surface area (Å²) in [4.78, 5) is 0. The lowest BCUT2D eigenvalue weighted by Crippen LogP contribution is -2.00. The van der Waals surface area contributed by atoms with Crippen molar-refractivity contribution < 1.29 is 0 Å². The highest BCUT2D eigenvalue weighted by Gasteiger charge is 2.12. The molecule has 0 saturated carbocycles. The Balaban J connectivity index is 2.64. The number of nitrogens with zero attached hydrogens (tertiary/aromatic N) is 2. The zero-order valence-corrected chi connectivity index (χ0v) is 11.1. The summed E-state index contributed by atoms with van der Waals surface area (Å²) in [5.41, 5.74) is 2.12. The van der Waals surface area contributed by atoms with E-state index < -0.39 is 0 Å². The van der Waals surface area contributed by atoms with Crippen LogP contribution in [0.15, 0.2) is 0 Å². The van der Waals surface area contributed by atoms with Crippen LogP contribution in [0.4, 0.5) is 0 Å². The molecule has 2 nitrogen and oxygen atoms in total. The minimum Gasteiger partial charge on any atom is -0.271 e. The van der Waals surface area contributed by atoms with Crippen molar-refractivity contribution in [3.63, 3.8) is 0 Å². The van der Waals surface area contributed by atoms with Crippen molar-refractivity contribution in [2.75, 3.05) is 0 Å². The molecule has 0 aliphatic rings. The number of alkyl halides is 1. The summed E-state index contributed by atoms with van der Waals surface area (Å²) >= 11 is 12.1. The quantitative estimate of drug-likeness (QED) is 0.729. The van der Waals surface area contributed by atoms with E-state index in [1.807, 2.05) is 18.7 Å². The maximum Gasteiger partial charge on any atom is 0.0849 e. The van der Waals surface area contributed by atoms with E-state index in [1.54, 1.807) is 0 Å². The van der Waals surface area contributed by atoms with Crippen molar-refractivity contribution in [2.24, 2.45) is 7.05 Å². The second kappa shape index (κ2) is 5.76. The molecule has 0 aliphatic carbocycles. The minimum absolute atomic E-state index is 0.239. The minimum atomic E-state index is 0.239. The van der Waals surface area contributed by atoms with Crippen LogP contribution < -0.4 is 0 Å². The average molecular weight is 249 g/mol. The van der Waals surface area contributed by atoms with E-state index in [2.05, 4.69) is 12.0 Å². The SMILES string of the molecule is CCc1nn(C)c(CCCC(C)Cl)c1Cl. The number of aryl methyl sites for hydroxylation is 2. The highest BCUT2D eigenvalue weighted by molar-refractivity contribution is 6.31. The molecule has 86 valence electrons. The molecule has 0 fully saturated rings. The maximum atomic E-state index is 6.23. The first kappa shape index (κ1) is 12.9. The highest BCUT2D eigenvalue weighted by Crippen LogP contribution is 2.22. The van der Waals surface area contributed by atoms with Crippen molar-refractivity contribution in [1.82, 2.24) is 9.78 Å². The van der Waals surface area contributed by atoms with Gasteiger partial charge in [-0.15, -0.1) is 11.6 Å². The van der Waals surface area contributed by atoms with Crippen molar-refractivity contribution in [3.8, 4) is 0 Å². The van der Waals surface area contributed by atoms with Crippen LogP contribution in [0.1, 0.15) is 38.1 Å².